The molecule has 3 heterocycles. The molecule has 0 aliphatic heterocycles. The first-order valence-corrected chi connectivity index (χ1v) is 9.42. The first kappa shape index (κ1) is 16.2. The van der Waals surface area contributed by atoms with Crippen molar-refractivity contribution in [2.75, 3.05) is 7.11 Å². The van der Waals surface area contributed by atoms with Gasteiger partial charge in [0.15, 0.2) is 11.3 Å². The second-order valence-corrected chi connectivity index (χ2v) is 7.37. The van der Waals surface area contributed by atoms with Crippen LogP contribution in [0.1, 0.15) is 0 Å². The third-order valence-electron chi connectivity index (χ3n) is 4.59. The van der Waals surface area contributed by atoms with Gasteiger partial charge in [0, 0.05) is 21.0 Å². The number of hydrogen-bond donors (Lipinski definition) is 0. The van der Waals surface area contributed by atoms with Gasteiger partial charge in [0.25, 0.3) is 0 Å². The Morgan fingerprint density at radius 3 is 2.44 bits per heavy atom. The highest BCUT2D eigenvalue weighted by molar-refractivity contribution is 14.1. The molecule has 0 aliphatic carbocycles. The average molecular weight is 467 g/mol. The molecule has 5 rings (SSSR count). The SMILES string of the molecule is COc1ccc(-c2cn(-c3ccc(I)cc3)c3ncn4cnnc4c23)cc1. The van der Waals surface area contributed by atoms with Crippen LogP contribution in [0.3, 0.4) is 0 Å². The van der Waals surface area contributed by atoms with Crippen LogP contribution in [0.2, 0.25) is 0 Å². The molecule has 0 aliphatic rings. The van der Waals surface area contributed by atoms with Crippen LogP contribution < -0.4 is 4.74 Å². The Hall–Kier alpha value is -2.94. The fourth-order valence-corrected chi connectivity index (χ4v) is 3.61. The molecule has 0 atom stereocenters. The minimum Gasteiger partial charge on any atom is -0.497 e. The van der Waals surface area contributed by atoms with Gasteiger partial charge in [-0.3, -0.25) is 4.40 Å². The summed E-state index contributed by atoms with van der Waals surface area (Å²) in [6.07, 6.45) is 5.52. The zero-order valence-corrected chi connectivity index (χ0v) is 16.5. The molecule has 0 spiro atoms. The molecule has 0 unspecified atom stereocenters. The van der Waals surface area contributed by atoms with E-state index in [-0.39, 0.29) is 0 Å². The summed E-state index contributed by atoms with van der Waals surface area (Å²) in [5.74, 6) is 0.825. The second-order valence-electron chi connectivity index (χ2n) is 6.12. The van der Waals surface area contributed by atoms with E-state index in [4.69, 9.17) is 4.74 Å². The normalized spacial score (nSPS) is 11.3. The van der Waals surface area contributed by atoms with Crippen molar-refractivity contribution in [3.8, 4) is 22.6 Å². The van der Waals surface area contributed by atoms with E-state index in [1.807, 2.05) is 28.7 Å². The summed E-state index contributed by atoms with van der Waals surface area (Å²) in [6, 6.07) is 16.4. The van der Waals surface area contributed by atoms with Gasteiger partial charge in [-0.15, -0.1) is 10.2 Å². The Balaban J connectivity index is 1.83. The van der Waals surface area contributed by atoms with Crippen molar-refractivity contribution in [3.63, 3.8) is 0 Å². The standard InChI is InChI=1S/C20H14IN5O/c1-27-16-8-2-13(3-9-16)17-10-26(15-6-4-14(21)5-7-15)19-18(17)20-24-23-12-25(20)11-22-19/h2-12H,1H3. The van der Waals surface area contributed by atoms with Gasteiger partial charge in [-0.25, -0.2) is 4.98 Å². The molecular formula is C20H14IN5O. The molecule has 132 valence electrons. The fraction of sp³-hybridized carbons (Fsp3) is 0.0500. The summed E-state index contributed by atoms with van der Waals surface area (Å²) in [7, 11) is 1.67. The predicted octanol–water partition coefficient (Wildman–Crippen LogP) is 4.35. The maximum atomic E-state index is 5.29. The molecule has 0 radical (unpaired) electrons. The van der Waals surface area contributed by atoms with Crippen LogP contribution in [0.4, 0.5) is 0 Å². The first-order valence-electron chi connectivity index (χ1n) is 8.34. The van der Waals surface area contributed by atoms with E-state index in [2.05, 4.69) is 72.8 Å². The Labute approximate surface area is 168 Å². The van der Waals surface area contributed by atoms with Crippen molar-refractivity contribution in [1.82, 2.24) is 24.1 Å². The largest absolute Gasteiger partial charge is 0.497 e. The lowest BCUT2D eigenvalue weighted by Crippen LogP contribution is -1.95. The third kappa shape index (κ3) is 2.66. The number of fused-ring (bicyclic) bond motifs is 3. The predicted molar refractivity (Wildman–Crippen MR) is 112 cm³/mol. The van der Waals surface area contributed by atoms with E-state index in [1.54, 1.807) is 19.8 Å². The molecule has 0 saturated carbocycles. The topological polar surface area (TPSA) is 57.2 Å². The van der Waals surface area contributed by atoms with Crippen molar-refractivity contribution in [2.24, 2.45) is 0 Å². The summed E-state index contributed by atoms with van der Waals surface area (Å²) in [5, 5.41) is 9.34. The number of rotatable bonds is 3. The third-order valence-corrected chi connectivity index (χ3v) is 5.31. The smallest absolute Gasteiger partial charge is 0.173 e. The molecule has 6 nitrogen and oxygen atoms in total. The van der Waals surface area contributed by atoms with E-state index in [0.717, 1.165) is 39.2 Å². The van der Waals surface area contributed by atoms with Crippen LogP contribution >= 0.6 is 22.6 Å². The van der Waals surface area contributed by atoms with Crippen LogP contribution in [0.25, 0.3) is 33.5 Å². The second kappa shape index (κ2) is 6.34. The summed E-state index contributed by atoms with van der Waals surface area (Å²) >= 11 is 2.31. The number of benzene rings is 2. The molecule has 27 heavy (non-hydrogen) atoms. The summed E-state index contributed by atoms with van der Waals surface area (Å²) in [6.45, 7) is 0. The highest BCUT2D eigenvalue weighted by Gasteiger charge is 2.17. The van der Waals surface area contributed by atoms with Crippen LogP contribution in [0.5, 0.6) is 5.75 Å². The Kier molecular flexibility index (Phi) is 3.82. The van der Waals surface area contributed by atoms with Crippen molar-refractivity contribution in [3.05, 3.63) is 71.0 Å². The quantitative estimate of drug-likeness (QED) is 0.371. The molecule has 3 aromatic heterocycles. The van der Waals surface area contributed by atoms with E-state index in [9.17, 15) is 0 Å². The summed E-state index contributed by atoms with van der Waals surface area (Å²) in [5.41, 5.74) is 4.81. The Morgan fingerprint density at radius 1 is 0.926 bits per heavy atom. The maximum Gasteiger partial charge on any atom is 0.173 e. The van der Waals surface area contributed by atoms with Gasteiger partial charge in [-0.1, -0.05) is 12.1 Å². The highest BCUT2D eigenvalue weighted by atomic mass is 127. The monoisotopic (exact) mass is 467 g/mol. The van der Waals surface area contributed by atoms with Crippen LogP contribution in [-0.2, 0) is 0 Å². The average Bonchev–Trinajstić information content (AvgIpc) is 3.33. The number of halogens is 1. The molecule has 2 aromatic carbocycles. The van der Waals surface area contributed by atoms with Crippen molar-refractivity contribution in [1.29, 1.82) is 0 Å². The maximum absolute atomic E-state index is 5.29. The van der Waals surface area contributed by atoms with Gasteiger partial charge < -0.3 is 9.30 Å². The number of ether oxygens (including phenoxy) is 1. The Bertz CT molecular complexity index is 1260. The minimum absolute atomic E-state index is 0.787. The molecule has 5 aromatic rings. The Morgan fingerprint density at radius 2 is 1.70 bits per heavy atom. The molecule has 0 fully saturated rings. The highest BCUT2D eigenvalue weighted by Crippen LogP contribution is 2.34. The van der Waals surface area contributed by atoms with E-state index in [0.29, 0.717) is 0 Å². The molecule has 0 amide bonds. The van der Waals surface area contributed by atoms with Gasteiger partial charge in [0.05, 0.1) is 12.5 Å². The van der Waals surface area contributed by atoms with E-state index in [1.165, 1.54) is 3.57 Å². The molecule has 0 saturated heterocycles. The molecule has 0 N–H and O–H groups in total. The first-order chi connectivity index (χ1) is 13.2. The van der Waals surface area contributed by atoms with E-state index >= 15 is 0 Å². The number of aromatic nitrogens is 5. The van der Waals surface area contributed by atoms with E-state index < -0.39 is 0 Å². The van der Waals surface area contributed by atoms with Crippen LogP contribution in [-0.4, -0.2) is 31.3 Å². The minimum atomic E-state index is 0.787. The van der Waals surface area contributed by atoms with Crippen molar-refractivity contribution in [2.45, 2.75) is 0 Å². The van der Waals surface area contributed by atoms with Crippen LogP contribution in [0, 0.1) is 3.57 Å². The fourth-order valence-electron chi connectivity index (χ4n) is 3.25. The molecule has 7 heteroatoms. The number of nitrogens with zero attached hydrogens (tertiary/aromatic N) is 5. The van der Waals surface area contributed by atoms with Gasteiger partial charge in [0.1, 0.15) is 18.4 Å². The number of methoxy groups -OCH3 is 1. The van der Waals surface area contributed by atoms with Crippen molar-refractivity contribution >= 4 is 39.3 Å². The van der Waals surface area contributed by atoms with Gasteiger partial charge in [-0.05, 0) is 64.6 Å². The number of hydrogen-bond acceptors (Lipinski definition) is 4. The van der Waals surface area contributed by atoms with Crippen LogP contribution in [0.15, 0.2) is 67.4 Å². The lowest BCUT2D eigenvalue weighted by Gasteiger charge is -2.04. The van der Waals surface area contributed by atoms with Gasteiger partial charge in [-0.2, -0.15) is 0 Å². The molecular weight excluding hydrogens is 453 g/mol. The zero-order chi connectivity index (χ0) is 18.4. The van der Waals surface area contributed by atoms with Gasteiger partial charge in [0.2, 0.25) is 0 Å². The summed E-state index contributed by atoms with van der Waals surface area (Å²) in [4.78, 5) is 4.68. The van der Waals surface area contributed by atoms with Gasteiger partial charge >= 0.3 is 0 Å². The lowest BCUT2D eigenvalue weighted by atomic mass is 10.1. The van der Waals surface area contributed by atoms with Crippen molar-refractivity contribution < 1.29 is 4.74 Å². The lowest BCUT2D eigenvalue weighted by molar-refractivity contribution is 0.415. The summed E-state index contributed by atoms with van der Waals surface area (Å²) < 4.78 is 10.4. The zero-order valence-electron chi connectivity index (χ0n) is 14.4. The molecule has 0 bridgehead atoms.